The standard InChI is InChI=1S/C21H28N2O/c1-15(2)22-20-12-8-11-19(14-20)21(24)23(5)17(4)13-18-10-7-6-9-16(18)3/h6-12,14-15,17,22H,13H2,1-5H3/t17-/m0/s1. The lowest BCUT2D eigenvalue weighted by Crippen LogP contribution is -2.36. The summed E-state index contributed by atoms with van der Waals surface area (Å²) < 4.78 is 0. The van der Waals surface area contributed by atoms with Gasteiger partial charge in [0, 0.05) is 30.4 Å². The zero-order chi connectivity index (χ0) is 17.7. The van der Waals surface area contributed by atoms with Crippen LogP contribution in [0, 0.1) is 6.92 Å². The minimum absolute atomic E-state index is 0.0588. The molecule has 128 valence electrons. The molecule has 2 aromatic rings. The van der Waals surface area contributed by atoms with E-state index in [0.717, 1.165) is 17.7 Å². The van der Waals surface area contributed by atoms with Crippen LogP contribution < -0.4 is 5.32 Å². The van der Waals surface area contributed by atoms with Crippen LogP contribution in [0.25, 0.3) is 0 Å². The Morgan fingerprint density at radius 2 is 1.79 bits per heavy atom. The van der Waals surface area contributed by atoms with Crippen LogP contribution >= 0.6 is 0 Å². The second-order valence-corrected chi connectivity index (χ2v) is 6.78. The van der Waals surface area contributed by atoms with Crippen molar-refractivity contribution in [2.45, 2.75) is 46.2 Å². The first kappa shape index (κ1) is 18.1. The number of carbonyl (C=O) groups is 1. The number of hydrogen-bond donors (Lipinski definition) is 1. The Bertz CT molecular complexity index is 694. The molecule has 0 radical (unpaired) electrons. The molecule has 0 aromatic heterocycles. The van der Waals surface area contributed by atoms with Gasteiger partial charge < -0.3 is 10.2 Å². The number of hydrogen-bond acceptors (Lipinski definition) is 2. The van der Waals surface area contributed by atoms with Gasteiger partial charge in [0.2, 0.25) is 0 Å². The van der Waals surface area contributed by atoms with E-state index < -0.39 is 0 Å². The summed E-state index contributed by atoms with van der Waals surface area (Å²) in [6.45, 7) is 8.39. The van der Waals surface area contributed by atoms with E-state index in [-0.39, 0.29) is 11.9 Å². The lowest BCUT2D eigenvalue weighted by Gasteiger charge is -2.26. The summed E-state index contributed by atoms with van der Waals surface area (Å²) in [7, 11) is 1.88. The number of benzene rings is 2. The summed E-state index contributed by atoms with van der Waals surface area (Å²) in [5.74, 6) is 0.0588. The zero-order valence-corrected chi connectivity index (χ0v) is 15.3. The molecule has 0 heterocycles. The van der Waals surface area contributed by atoms with E-state index in [0.29, 0.717) is 6.04 Å². The first-order chi connectivity index (χ1) is 11.4. The molecular formula is C21H28N2O. The van der Waals surface area contributed by atoms with Crippen LogP contribution in [-0.2, 0) is 6.42 Å². The van der Waals surface area contributed by atoms with Crippen LogP contribution in [0.4, 0.5) is 5.69 Å². The minimum atomic E-state index is 0.0588. The number of nitrogens with zero attached hydrogens (tertiary/aromatic N) is 1. The molecule has 0 aliphatic heterocycles. The third-order valence-corrected chi connectivity index (χ3v) is 4.32. The molecule has 0 aliphatic rings. The smallest absolute Gasteiger partial charge is 0.253 e. The summed E-state index contributed by atoms with van der Waals surface area (Å²) in [5.41, 5.74) is 4.27. The van der Waals surface area contributed by atoms with Crippen molar-refractivity contribution in [2.24, 2.45) is 0 Å². The van der Waals surface area contributed by atoms with Gasteiger partial charge in [-0.1, -0.05) is 30.3 Å². The Labute approximate surface area is 145 Å². The van der Waals surface area contributed by atoms with Gasteiger partial charge in [-0.2, -0.15) is 0 Å². The van der Waals surface area contributed by atoms with Crippen molar-refractivity contribution in [1.29, 1.82) is 0 Å². The summed E-state index contributed by atoms with van der Waals surface area (Å²) in [4.78, 5) is 14.6. The van der Waals surface area contributed by atoms with Gasteiger partial charge in [0.25, 0.3) is 5.91 Å². The molecule has 3 nitrogen and oxygen atoms in total. The monoisotopic (exact) mass is 324 g/mol. The molecule has 3 heteroatoms. The fourth-order valence-electron chi connectivity index (χ4n) is 2.77. The maximum absolute atomic E-state index is 12.8. The molecule has 0 spiro atoms. The van der Waals surface area contributed by atoms with E-state index in [1.165, 1.54) is 11.1 Å². The number of rotatable bonds is 6. The minimum Gasteiger partial charge on any atom is -0.383 e. The summed E-state index contributed by atoms with van der Waals surface area (Å²) in [6, 6.07) is 16.6. The number of nitrogens with one attached hydrogen (secondary N) is 1. The number of anilines is 1. The van der Waals surface area contributed by atoms with Crippen LogP contribution in [-0.4, -0.2) is 29.9 Å². The lowest BCUT2D eigenvalue weighted by atomic mass is 10.0. The summed E-state index contributed by atoms with van der Waals surface area (Å²) in [6.07, 6.45) is 0.860. The Hall–Kier alpha value is -2.29. The molecule has 0 saturated heterocycles. The number of aryl methyl sites for hydroxylation is 1. The number of amides is 1. The molecule has 1 atom stereocenters. The SMILES string of the molecule is Cc1ccccc1C[C@H](C)N(C)C(=O)c1cccc(NC(C)C)c1. The van der Waals surface area contributed by atoms with Gasteiger partial charge in [0.1, 0.15) is 0 Å². The highest BCUT2D eigenvalue weighted by molar-refractivity contribution is 5.95. The molecule has 1 amide bonds. The van der Waals surface area contributed by atoms with Crippen LogP contribution in [0.5, 0.6) is 0 Å². The van der Waals surface area contributed by atoms with Gasteiger partial charge in [-0.05, 0) is 63.4 Å². The summed E-state index contributed by atoms with van der Waals surface area (Å²) >= 11 is 0. The Morgan fingerprint density at radius 3 is 2.46 bits per heavy atom. The second-order valence-electron chi connectivity index (χ2n) is 6.78. The normalized spacial score (nSPS) is 12.1. The highest BCUT2D eigenvalue weighted by atomic mass is 16.2. The molecule has 1 N–H and O–H groups in total. The molecule has 0 unspecified atom stereocenters. The molecule has 24 heavy (non-hydrogen) atoms. The van der Waals surface area contributed by atoms with Crippen LogP contribution in [0.1, 0.15) is 42.3 Å². The van der Waals surface area contributed by atoms with E-state index in [2.05, 4.69) is 51.2 Å². The average molecular weight is 324 g/mol. The fourth-order valence-corrected chi connectivity index (χ4v) is 2.77. The van der Waals surface area contributed by atoms with Crippen LogP contribution in [0.3, 0.4) is 0 Å². The molecule has 2 rings (SSSR count). The number of carbonyl (C=O) groups excluding carboxylic acids is 1. The maximum atomic E-state index is 12.8. The van der Waals surface area contributed by atoms with E-state index >= 15 is 0 Å². The first-order valence-corrected chi connectivity index (χ1v) is 8.56. The van der Waals surface area contributed by atoms with Crippen molar-refractivity contribution in [3.8, 4) is 0 Å². The van der Waals surface area contributed by atoms with Crippen molar-refractivity contribution in [1.82, 2.24) is 4.90 Å². The van der Waals surface area contributed by atoms with Gasteiger partial charge in [0.15, 0.2) is 0 Å². The van der Waals surface area contributed by atoms with Crippen molar-refractivity contribution in [3.63, 3.8) is 0 Å². The largest absolute Gasteiger partial charge is 0.383 e. The topological polar surface area (TPSA) is 32.3 Å². The third kappa shape index (κ3) is 4.60. The Balaban J connectivity index is 2.09. The van der Waals surface area contributed by atoms with Gasteiger partial charge in [-0.25, -0.2) is 0 Å². The van der Waals surface area contributed by atoms with E-state index in [1.807, 2.05) is 42.3 Å². The fraction of sp³-hybridized carbons (Fsp3) is 0.381. The van der Waals surface area contributed by atoms with Gasteiger partial charge in [0.05, 0.1) is 0 Å². The zero-order valence-electron chi connectivity index (χ0n) is 15.3. The highest BCUT2D eigenvalue weighted by Gasteiger charge is 2.18. The van der Waals surface area contributed by atoms with E-state index in [1.54, 1.807) is 0 Å². The van der Waals surface area contributed by atoms with Crippen LogP contribution in [0.2, 0.25) is 0 Å². The highest BCUT2D eigenvalue weighted by Crippen LogP contribution is 2.17. The van der Waals surface area contributed by atoms with Crippen LogP contribution in [0.15, 0.2) is 48.5 Å². The van der Waals surface area contributed by atoms with Crippen molar-refractivity contribution >= 4 is 11.6 Å². The van der Waals surface area contributed by atoms with Crippen molar-refractivity contribution < 1.29 is 4.79 Å². The maximum Gasteiger partial charge on any atom is 0.253 e. The molecule has 0 saturated carbocycles. The van der Waals surface area contributed by atoms with Gasteiger partial charge in [-0.15, -0.1) is 0 Å². The van der Waals surface area contributed by atoms with E-state index in [9.17, 15) is 4.79 Å². The molecular weight excluding hydrogens is 296 g/mol. The quantitative estimate of drug-likeness (QED) is 0.847. The second kappa shape index (κ2) is 8.00. The summed E-state index contributed by atoms with van der Waals surface area (Å²) in [5, 5.41) is 3.34. The van der Waals surface area contributed by atoms with Gasteiger partial charge in [-0.3, -0.25) is 4.79 Å². The van der Waals surface area contributed by atoms with Crippen molar-refractivity contribution in [3.05, 3.63) is 65.2 Å². The Morgan fingerprint density at radius 1 is 1.08 bits per heavy atom. The first-order valence-electron chi connectivity index (χ1n) is 8.56. The van der Waals surface area contributed by atoms with E-state index in [4.69, 9.17) is 0 Å². The third-order valence-electron chi connectivity index (χ3n) is 4.32. The van der Waals surface area contributed by atoms with Crippen molar-refractivity contribution in [2.75, 3.05) is 12.4 Å². The average Bonchev–Trinajstić information content (AvgIpc) is 2.55. The number of likely N-dealkylation sites (N-methyl/N-ethyl adjacent to an activating group) is 1. The predicted molar refractivity (Wildman–Crippen MR) is 102 cm³/mol. The Kier molecular flexibility index (Phi) is 6.02. The molecule has 0 aliphatic carbocycles. The lowest BCUT2D eigenvalue weighted by molar-refractivity contribution is 0.0743. The molecule has 0 fully saturated rings. The van der Waals surface area contributed by atoms with Gasteiger partial charge >= 0.3 is 0 Å². The predicted octanol–water partition coefficient (Wildman–Crippen LogP) is 4.52. The molecule has 0 bridgehead atoms. The molecule has 2 aromatic carbocycles.